The quantitative estimate of drug-likeness (QED) is 0.413. The maximum atomic E-state index is 11.8. The fourth-order valence-corrected chi connectivity index (χ4v) is 2.58. The van der Waals surface area contributed by atoms with Crippen LogP contribution in [0.5, 0.6) is 0 Å². The molecule has 114 valence electrons. The number of rotatable bonds is 3. The van der Waals surface area contributed by atoms with Crippen molar-refractivity contribution in [3.63, 3.8) is 0 Å². The van der Waals surface area contributed by atoms with Crippen molar-refractivity contribution in [1.29, 1.82) is 0 Å². The first-order valence-corrected chi connectivity index (χ1v) is 6.96. The van der Waals surface area contributed by atoms with Gasteiger partial charge in [0.15, 0.2) is 0 Å². The number of nitro benzene ring substituents is 1. The van der Waals surface area contributed by atoms with Crippen LogP contribution in [0.15, 0.2) is 60.7 Å². The van der Waals surface area contributed by atoms with Crippen LogP contribution in [0.1, 0.15) is 10.4 Å². The highest BCUT2D eigenvalue weighted by atomic mass is 16.6. The molecule has 0 radical (unpaired) electrons. The average molecular weight is 307 g/mol. The summed E-state index contributed by atoms with van der Waals surface area (Å²) in [6, 6.07) is 17.8. The molecular weight excluding hydrogens is 294 g/mol. The number of non-ortho nitro benzene ring substituents is 1. The van der Waals surface area contributed by atoms with Gasteiger partial charge in [-0.3, -0.25) is 10.1 Å². The molecule has 0 aromatic heterocycles. The third-order valence-electron chi connectivity index (χ3n) is 3.65. The summed E-state index contributed by atoms with van der Waals surface area (Å²) < 4.78 is 4.69. The number of carbonyl (C=O) groups is 1. The molecule has 0 unspecified atom stereocenters. The maximum Gasteiger partial charge on any atom is 0.338 e. The van der Waals surface area contributed by atoms with E-state index in [4.69, 9.17) is 0 Å². The van der Waals surface area contributed by atoms with Gasteiger partial charge in [0.25, 0.3) is 5.69 Å². The Morgan fingerprint density at radius 2 is 1.78 bits per heavy atom. The second-order valence-electron chi connectivity index (χ2n) is 5.04. The first kappa shape index (κ1) is 14.7. The molecule has 0 bridgehead atoms. The summed E-state index contributed by atoms with van der Waals surface area (Å²) in [6.45, 7) is 0. The van der Waals surface area contributed by atoms with Gasteiger partial charge < -0.3 is 4.74 Å². The minimum Gasteiger partial charge on any atom is -0.465 e. The van der Waals surface area contributed by atoms with Crippen LogP contribution in [0.2, 0.25) is 0 Å². The third-order valence-corrected chi connectivity index (χ3v) is 3.65. The molecule has 0 atom stereocenters. The van der Waals surface area contributed by atoms with Gasteiger partial charge in [0, 0.05) is 12.1 Å². The van der Waals surface area contributed by atoms with Gasteiger partial charge in [0.05, 0.1) is 17.6 Å². The van der Waals surface area contributed by atoms with Crippen LogP contribution in [0.25, 0.3) is 21.9 Å². The highest BCUT2D eigenvalue weighted by molar-refractivity contribution is 5.99. The minimum absolute atomic E-state index is 0.143. The third kappa shape index (κ3) is 2.76. The topological polar surface area (TPSA) is 69.4 Å². The fourth-order valence-electron chi connectivity index (χ4n) is 2.58. The predicted octanol–water partition coefficient (Wildman–Crippen LogP) is 4.20. The van der Waals surface area contributed by atoms with E-state index in [9.17, 15) is 14.9 Å². The Bertz CT molecular complexity index is 913. The summed E-state index contributed by atoms with van der Waals surface area (Å²) in [6.07, 6.45) is 0. The average Bonchev–Trinajstić information content (AvgIpc) is 2.60. The predicted molar refractivity (Wildman–Crippen MR) is 87.4 cm³/mol. The first-order chi connectivity index (χ1) is 11.1. The smallest absolute Gasteiger partial charge is 0.338 e. The summed E-state index contributed by atoms with van der Waals surface area (Å²) in [5.74, 6) is -0.602. The number of benzene rings is 3. The Balaban J connectivity index is 2.27. The molecule has 5 heteroatoms. The van der Waals surface area contributed by atoms with E-state index in [0.29, 0.717) is 5.56 Å². The standard InChI is InChI=1S/C18H13NO4/c1-23-18(20)14-9-13(10-15(11-14)19(21)22)17-8-4-6-12-5-2-3-7-16(12)17/h2-11H,1H3. The van der Waals surface area contributed by atoms with Crippen molar-refractivity contribution in [1.82, 2.24) is 0 Å². The lowest BCUT2D eigenvalue weighted by atomic mass is 9.96. The zero-order valence-electron chi connectivity index (χ0n) is 12.4. The number of nitrogens with zero attached hydrogens (tertiary/aromatic N) is 1. The van der Waals surface area contributed by atoms with E-state index in [2.05, 4.69) is 4.74 Å². The molecule has 0 aliphatic rings. The van der Waals surface area contributed by atoms with E-state index < -0.39 is 10.9 Å². The van der Waals surface area contributed by atoms with E-state index in [1.165, 1.54) is 19.2 Å². The number of hydrogen-bond acceptors (Lipinski definition) is 4. The molecule has 0 spiro atoms. The summed E-state index contributed by atoms with van der Waals surface area (Å²) in [4.78, 5) is 22.4. The molecule has 0 aliphatic carbocycles. The first-order valence-electron chi connectivity index (χ1n) is 6.96. The zero-order chi connectivity index (χ0) is 16.4. The second-order valence-corrected chi connectivity index (χ2v) is 5.04. The molecular formula is C18H13NO4. The molecule has 23 heavy (non-hydrogen) atoms. The number of fused-ring (bicyclic) bond motifs is 1. The van der Waals surface area contributed by atoms with Crippen LogP contribution < -0.4 is 0 Å². The molecule has 0 fully saturated rings. The minimum atomic E-state index is -0.602. The van der Waals surface area contributed by atoms with Gasteiger partial charge in [-0.2, -0.15) is 0 Å². The molecule has 0 amide bonds. The van der Waals surface area contributed by atoms with Gasteiger partial charge in [-0.1, -0.05) is 42.5 Å². The Morgan fingerprint density at radius 3 is 2.52 bits per heavy atom. The second kappa shape index (κ2) is 5.88. The van der Waals surface area contributed by atoms with E-state index in [1.54, 1.807) is 6.07 Å². The summed E-state index contributed by atoms with van der Waals surface area (Å²) in [5, 5.41) is 13.2. The number of hydrogen-bond donors (Lipinski definition) is 0. The number of esters is 1. The van der Waals surface area contributed by atoms with Gasteiger partial charge in [0.1, 0.15) is 0 Å². The van der Waals surface area contributed by atoms with Gasteiger partial charge in [-0.25, -0.2) is 4.79 Å². The van der Waals surface area contributed by atoms with E-state index in [0.717, 1.165) is 16.3 Å². The summed E-state index contributed by atoms with van der Waals surface area (Å²) in [7, 11) is 1.25. The molecule has 3 rings (SSSR count). The normalized spacial score (nSPS) is 10.5. The van der Waals surface area contributed by atoms with Gasteiger partial charge in [0.2, 0.25) is 0 Å². The SMILES string of the molecule is COC(=O)c1cc(-c2cccc3ccccc23)cc([N+](=O)[O-])c1. The van der Waals surface area contributed by atoms with Crippen LogP contribution in [-0.2, 0) is 4.74 Å². The lowest BCUT2D eigenvalue weighted by molar-refractivity contribution is -0.384. The fraction of sp³-hybridized carbons (Fsp3) is 0.0556. The van der Waals surface area contributed by atoms with Crippen molar-refractivity contribution < 1.29 is 14.5 Å². The molecule has 0 saturated carbocycles. The molecule has 0 saturated heterocycles. The van der Waals surface area contributed by atoms with Gasteiger partial charge in [-0.15, -0.1) is 0 Å². The maximum absolute atomic E-state index is 11.8. The van der Waals surface area contributed by atoms with Crippen LogP contribution in [0, 0.1) is 10.1 Å². The van der Waals surface area contributed by atoms with E-state index in [-0.39, 0.29) is 11.3 Å². The van der Waals surface area contributed by atoms with Crippen molar-refractivity contribution in [2.24, 2.45) is 0 Å². The molecule has 3 aromatic carbocycles. The highest BCUT2D eigenvalue weighted by Gasteiger charge is 2.16. The van der Waals surface area contributed by atoms with Gasteiger partial charge in [-0.05, 0) is 28.0 Å². The van der Waals surface area contributed by atoms with Crippen molar-refractivity contribution in [2.45, 2.75) is 0 Å². The van der Waals surface area contributed by atoms with Crippen molar-refractivity contribution in [2.75, 3.05) is 7.11 Å². The van der Waals surface area contributed by atoms with Crippen LogP contribution >= 0.6 is 0 Å². The lowest BCUT2D eigenvalue weighted by Gasteiger charge is -2.08. The summed E-state index contributed by atoms with van der Waals surface area (Å²) in [5.41, 5.74) is 1.45. The number of ether oxygens (including phenoxy) is 1. The van der Waals surface area contributed by atoms with Crippen molar-refractivity contribution >= 4 is 22.4 Å². The monoisotopic (exact) mass is 307 g/mol. The molecule has 3 aromatic rings. The van der Waals surface area contributed by atoms with Crippen LogP contribution in [0.3, 0.4) is 0 Å². The van der Waals surface area contributed by atoms with Crippen molar-refractivity contribution in [3.8, 4) is 11.1 Å². The van der Waals surface area contributed by atoms with E-state index in [1.807, 2.05) is 42.5 Å². The molecule has 0 heterocycles. The van der Waals surface area contributed by atoms with Crippen LogP contribution in [-0.4, -0.2) is 18.0 Å². The number of nitro groups is 1. The molecule has 0 aliphatic heterocycles. The zero-order valence-corrected chi connectivity index (χ0v) is 12.4. The number of carbonyl (C=O) groups excluding carboxylic acids is 1. The Morgan fingerprint density at radius 1 is 1.04 bits per heavy atom. The van der Waals surface area contributed by atoms with Crippen molar-refractivity contribution in [3.05, 3.63) is 76.3 Å². The lowest BCUT2D eigenvalue weighted by Crippen LogP contribution is -2.02. The largest absolute Gasteiger partial charge is 0.465 e. The highest BCUT2D eigenvalue weighted by Crippen LogP contribution is 2.32. The molecule has 0 N–H and O–H groups in total. The Hall–Kier alpha value is -3.21. The van der Waals surface area contributed by atoms with Gasteiger partial charge >= 0.3 is 5.97 Å². The summed E-state index contributed by atoms with van der Waals surface area (Å²) >= 11 is 0. The Labute approximate surface area is 132 Å². The van der Waals surface area contributed by atoms with Crippen LogP contribution in [0.4, 0.5) is 5.69 Å². The Kier molecular flexibility index (Phi) is 3.76. The molecule has 5 nitrogen and oxygen atoms in total. The van der Waals surface area contributed by atoms with E-state index >= 15 is 0 Å². The number of methoxy groups -OCH3 is 1.